The van der Waals surface area contributed by atoms with Crippen molar-refractivity contribution in [3.63, 3.8) is 0 Å². The first-order valence-corrected chi connectivity index (χ1v) is 5.78. The van der Waals surface area contributed by atoms with Crippen LogP contribution in [0, 0.1) is 0 Å². The number of methoxy groups -OCH3 is 1. The molecule has 1 unspecified atom stereocenters. The molecule has 0 saturated carbocycles. The maximum Gasteiger partial charge on any atom is 0.328 e. The minimum absolute atomic E-state index is 0.217. The molecule has 0 saturated heterocycles. The van der Waals surface area contributed by atoms with Crippen LogP contribution in [0.2, 0.25) is 0 Å². The summed E-state index contributed by atoms with van der Waals surface area (Å²) in [6.07, 6.45) is 0.685. The number of rotatable bonds is 6. The number of hydrogen-bond donors (Lipinski definition) is 1. The summed E-state index contributed by atoms with van der Waals surface area (Å²) in [5.74, 6) is 0.575. The summed E-state index contributed by atoms with van der Waals surface area (Å²) < 4.78 is 10.1. The molecule has 4 heteroatoms. The van der Waals surface area contributed by atoms with Crippen molar-refractivity contribution in [2.24, 2.45) is 0 Å². The van der Waals surface area contributed by atoms with Gasteiger partial charge < -0.3 is 14.8 Å². The molecule has 1 aromatic carbocycles. The van der Waals surface area contributed by atoms with Crippen LogP contribution in [-0.4, -0.2) is 25.7 Å². The second-order valence-electron chi connectivity index (χ2n) is 3.59. The Hall–Kier alpha value is -1.71. The maximum absolute atomic E-state index is 11.6. The van der Waals surface area contributed by atoms with Crippen LogP contribution in [0.4, 0.5) is 5.69 Å². The number of carbonyl (C=O) groups excluding carboxylic acids is 1. The lowest BCUT2D eigenvalue weighted by Crippen LogP contribution is -2.30. The van der Waals surface area contributed by atoms with Crippen LogP contribution in [0.3, 0.4) is 0 Å². The zero-order valence-electron chi connectivity index (χ0n) is 10.5. The van der Waals surface area contributed by atoms with Crippen molar-refractivity contribution in [2.45, 2.75) is 26.3 Å². The van der Waals surface area contributed by atoms with E-state index in [0.717, 1.165) is 11.4 Å². The normalized spacial score (nSPS) is 11.7. The van der Waals surface area contributed by atoms with E-state index in [2.05, 4.69) is 5.32 Å². The summed E-state index contributed by atoms with van der Waals surface area (Å²) in [6, 6.07) is 7.14. The van der Waals surface area contributed by atoms with E-state index in [1.54, 1.807) is 14.0 Å². The zero-order chi connectivity index (χ0) is 12.7. The number of anilines is 1. The molecule has 0 heterocycles. The van der Waals surface area contributed by atoms with Crippen LogP contribution in [0.5, 0.6) is 5.75 Å². The summed E-state index contributed by atoms with van der Waals surface area (Å²) >= 11 is 0. The molecule has 1 rings (SSSR count). The van der Waals surface area contributed by atoms with Crippen molar-refractivity contribution < 1.29 is 14.3 Å². The van der Waals surface area contributed by atoms with Crippen molar-refractivity contribution in [1.82, 2.24) is 0 Å². The van der Waals surface area contributed by atoms with Crippen LogP contribution in [0.25, 0.3) is 0 Å². The fourth-order valence-corrected chi connectivity index (χ4v) is 1.46. The SMILES string of the molecule is CCOC(=O)C(CC)Nc1ccc(OC)cc1. The number of nitrogens with one attached hydrogen (secondary N) is 1. The summed E-state index contributed by atoms with van der Waals surface area (Å²) in [4.78, 5) is 11.6. The first-order chi connectivity index (χ1) is 8.21. The molecule has 17 heavy (non-hydrogen) atoms. The number of carbonyl (C=O) groups is 1. The Morgan fingerprint density at radius 1 is 1.29 bits per heavy atom. The van der Waals surface area contributed by atoms with Gasteiger partial charge in [0, 0.05) is 5.69 Å². The van der Waals surface area contributed by atoms with E-state index in [9.17, 15) is 4.79 Å². The largest absolute Gasteiger partial charge is 0.497 e. The highest BCUT2D eigenvalue weighted by atomic mass is 16.5. The fraction of sp³-hybridized carbons (Fsp3) is 0.462. The van der Waals surface area contributed by atoms with Gasteiger partial charge in [-0.25, -0.2) is 4.79 Å². The molecule has 0 fully saturated rings. The molecular weight excluding hydrogens is 218 g/mol. The van der Waals surface area contributed by atoms with E-state index in [1.165, 1.54) is 0 Å². The van der Waals surface area contributed by atoms with Crippen LogP contribution in [0.1, 0.15) is 20.3 Å². The Bertz CT molecular complexity index is 348. The zero-order valence-corrected chi connectivity index (χ0v) is 10.5. The van der Waals surface area contributed by atoms with Gasteiger partial charge in [0.05, 0.1) is 13.7 Å². The molecule has 0 aliphatic heterocycles. The van der Waals surface area contributed by atoms with Crippen molar-refractivity contribution >= 4 is 11.7 Å². The molecule has 0 radical (unpaired) electrons. The summed E-state index contributed by atoms with van der Waals surface area (Å²) in [5, 5.41) is 3.13. The van der Waals surface area contributed by atoms with Crippen molar-refractivity contribution in [3.05, 3.63) is 24.3 Å². The molecule has 0 aromatic heterocycles. The van der Waals surface area contributed by atoms with Crippen molar-refractivity contribution in [1.29, 1.82) is 0 Å². The van der Waals surface area contributed by atoms with E-state index >= 15 is 0 Å². The van der Waals surface area contributed by atoms with Gasteiger partial charge in [0.2, 0.25) is 0 Å². The molecule has 94 valence electrons. The summed E-state index contributed by atoms with van der Waals surface area (Å²) in [7, 11) is 1.62. The van der Waals surface area contributed by atoms with Gasteiger partial charge in [-0.2, -0.15) is 0 Å². The topological polar surface area (TPSA) is 47.6 Å². The molecule has 4 nitrogen and oxygen atoms in total. The Kier molecular flexibility index (Phi) is 5.33. The van der Waals surface area contributed by atoms with E-state index < -0.39 is 0 Å². The Balaban J connectivity index is 2.63. The Morgan fingerprint density at radius 2 is 1.94 bits per heavy atom. The van der Waals surface area contributed by atoms with Crippen molar-refractivity contribution in [3.8, 4) is 5.75 Å². The fourth-order valence-electron chi connectivity index (χ4n) is 1.46. The standard InChI is InChI=1S/C13H19NO3/c1-4-12(13(15)17-5-2)14-10-6-8-11(16-3)9-7-10/h6-9,12,14H,4-5H2,1-3H3. The minimum atomic E-state index is -0.302. The smallest absolute Gasteiger partial charge is 0.328 e. The highest BCUT2D eigenvalue weighted by Crippen LogP contribution is 2.16. The van der Waals surface area contributed by atoms with Crippen molar-refractivity contribution in [2.75, 3.05) is 19.0 Å². The third-order valence-electron chi connectivity index (χ3n) is 2.41. The second-order valence-corrected chi connectivity index (χ2v) is 3.59. The van der Waals surface area contributed by atoms with Gasteiger partial charge in [0.1, 0.15) is 11.8 Å². The monoisotopic (exact) mass is 237 g/mol. The lowest BCUT2D eigenvalue weighted by Gasteiger charge is -2.16. The quantitative estimate of drug-likeness (QED) is 0.772. The highest BCUT2D eigenvalue weighted by molar-refractivity contribution is 5.79. The Morgan fingerprint density at radius 3 is 2.41 bits per heavy atom. The lowest BCUT2D eigenvalue weighted by molar-refractivity contribution is -0.144. The number of hydrogen-bond acceptors (Lipinski definition) is 4. The molecule has 0 bridgehead atoms. The molecule has 0 spiro atoms. The first-order valence-electron chi connectivity index (χ1n) is 5.78. The first kappa shape index (κ1) is 13.4. The van der Waals surface area contributed by atoms with E-state index in [-0.39, 0.29) is 12.0 Å². The van der Waals surface area contributed by atoms with Gasteiger partial charge in [-0.3, -0.25) is 0 Å². The van der Waals surface area contributed by atoms with Gasteiger partial charge in [-0.05, 0) is 37.6 Å². The minimum Gasteiger partial charge on any atom is -0.497 e. The van der Waals surface area contributed by atoms with Crippen LogP contribution < -0.4 is 10.1 Å². The van der Waals surface area contributed by atoms with E-state index in [4.69, 9.17) is 9.47 Å². The van der Waals surface area contributed by atoms with Gasteiger partial charge in [0.15, 0.2) is 0 Å². The molecule has 0 aliphatic carbocycles. The predicted molar refractivity (Wildman–Crippen MR) is 67.3 cm³/mol. The predicted octanol–water partition coefficient (Wildman–Crippen LogP) is 2.45. The molecule has 0 aliphatic rings. The van der Waals surface area contributed by atoms with E-state index in [1.807, 2.05) is 31.2 Å². The number of esters is 1. The third kappa shape index (κ3) is 3.98. The van der Waals surface area contributed by atoms with Crippen LogP contribution >= 0.6 is 0 Å². The molecule has 1 aromatic rings. The summed E-state index contributed by atoms with van der Waals surface area (Å²) in [6.45, 7) is 4.15. The molecular formula is C13H19NO3. The Labute approximate surface area is 102 Å². The lowest BCUT2D eigenvalue weighted by atomic mass is 10.2. The molecule has 1 atom stereocenters. The molecule has 1 N–H and O–H groups in total. The average molecular weight is 237 g/mol. The average Bonchev–Trinajstić information content (AvgIpc) is 2.37. The van der Waals surface area contributed by atoms with Gasteiger partial charge in [-0.1, -0.05) is 6.92 Å². The number of ether oxygens (including phenoxy) is 2. The van der Waals surface area contributed by atoms with Gasteiger partial charge >= 0.3 is 5.97 Å². The maximum atomic E-state index is 11.6. The second kappa shape index (κ2) is 6.78. The van der Waals surface area contributed by atoms with Crippen LogP contribution in [-0.2, 0) is 9.53 Å². The van der Waals surface area contributed by atoms with Crippen LogP contribution in [0.15, 0.2) is 24.3 Å². The third-order valence-corrected chi connectivity index (χ3v) is 2.41. The van der Waals surface area contributed by atoms with Gasteiger partial charge in [-0.15, -0.1) is 0 Å². The van der Waals surface area contributed by atoms with Gasteiger partial charge in [0.25, 0.3) is 0 Å². The number of benzene rings is 1. The molecule has 0 amide bonds. The highest BCUT2D eigenvalue weighted by Gasteiger charge is 2.16. The van der Waals surface area contributed by atoms with E-state index in [0.29, 0.717) is 13.0 Å². The summed E-state index contributed by atoms with van der Waals surface area (Å²) in [5.41, 5.74) is 0.880.